The molecule has 1 fully saturated rings. The van der Waals surface area contributed by atoms with Gasteiger partial charge in [-0.1, -0.05) is 23.7 Å². The van der Waals surface area contributed by atoms with Gasteiger partial charge in [0.15, 0.2) is 0 Å². The van der Waals surface area contributed by atoms with Gasteiger partial charge in [-0.05, 0) is 66.2 Å². The van der Waals surface area contributed by atoms with Gasteiger partial charge in [0.1, 0.15) is 11.5 Å². The molecule has 1 atom stereocenters. The van der Waals surface area contributed by atoms with Crippen molar-refractivity contribution in [2.75, 3.05) is 31.3 Å². The Morgan fingerprint density at radius 2 is 1.62 bits per heavy atom. The highest BCUT2D eigenvalue weighted by molar-refractivity contribution is 6.30. The molecule has 1 unspecified atom stereocenters. The third kappa shape index (κ3) is 5.18. The number of aliphatic hydroxyl groups is 1. The molecular weight excluding hydrogens is 441 g/mol. The fourth-order valence-corrected chi connectivity index (χ4v) is 3.96. The Morgan fingerprint density at radius 1 is 0.969 bits per heavy atom. The molecule has 1 aliphatic rings. The molecule has 0 amide bonds. The zero-order chi connectivity index (χ0) is 22.7. The van der Waals surface area contributed by atoms with Crippen molar-refractivity contribution < 1.29 is 23.0 Å². The lowest BCUT2D eigenvalue weighted by Crippen LogP contribution is -2.28. The van der Waals surface area contributed by atoms with Crippen molar-refractivity contribution in [2.45, 2.75) is 12.2 Å². The summed E-state index contributed by atoms with van der Waals surface area (Å²) in [5.74, 6) is 1.29. The maximum absolute atomic E-state index is 13.2. The first kappa shape index (κ1) is 22.5. The summed E-state index contributed by atoms with van der Waals surface area (Å²) in [7, 11) is 0. The van der Waals surface area contributed by atoms with Crippen LogP contribution in [0.25, 0.3) is 0 Å². The first-order chi connectivity index (χ1) is 15.3. The van der Waals surface area contributed by atoms with Crippen LogP contribution in [0, 0.1) is 0 Å². The number of alkyl halides is 3. The molecule has 0 aromatic heterocycles. The molecule has 32 heavy (non-hydrogen) atoms. The van der Waals surface area contributed by atoms with Crippen molar-refractivity contribution in [3.63, 3.8) is 0 Å². The molecular formula is C24H22ClF3N2O2. The van der Waals surface area contributed by atoms with Gasteiger partial charge in [0, 0.05) is 23.8 Å². The quantitative estimate of drug-likeness (QED) is 0.490. The summed E-state index contributed by atoms with van der Waals surface area (Å²) < 4.78 is 45.5. The number of nitrogens with zero attached hydrogens (tertiary/aromatic N) is 2. The Labute approximate surface area is 189 Å². The van der Waals surface area contributed by atoms with Crippen molar-refractivity contribution in [1.82, 2.24) is 4.90 Å². The molecule has 1 aliphatic heterocycles. The molecule has 0 radical (unpaired) electrons. The molecule has 1 N–H and O–H groups in total. The van der Waals surface area contributed by atoms with Crippen LogP contribution in [0.3, 0.4) is 0 Å². The van der Waals surface area contributed by atoms with E-state index in [2.05, 4.69) is 0 Å². The van der Waals surface area contributed by atoms with Crippen LogP contribution in [-0.2, 0) is 6.18 Å². The Morgan fingerprint density at radius 3 is 2.25 bits per heavy atom. The molecule has 1 heterocycles. The summed E-state index contributed by atoms with van der Waals surface area (Å²) >= 11 is 5.90. The number of β-amino-alcohol motifs (C(OH)–C–C–N with tert-alkyl or cyclic N) is 1. The third-order valence-corrected chi connectivity index (χ3v) is 5.64. The molecule has 3 aromatic rings. The van der Waals surface area contributed by atoms with Gasteiger partial charge >= 0.3 is 6.18 Å². The Hall–Kier alpha value is -2.74. The summed E-state index contributed by atoms with van der Waals surface area (Å²) in [4.78, 5) is 4.06. The Balaban J connectivity index is 1.57. The highest BCUT2D eigenvalue weighted by atomic mass is 35.5. The van der Waals surface area contributed by atoms with Crippen LogP contribution in [0.4, 0.5) is 18.9 Å². The number of hydrogen-bond donors (Lipinski definition) is 1. The molecule has 0 spiro atoms. The number of anilines is 1. The molecule has 168 valence electrons. The van der Waals surface area contributed by atoms with Crippen LogP contribution in [-0.4, -0.2) is 36.4 Å². The second kappa shape index (κ2) is 9.40. The Kier molecular flexibility index (Phi) is 6.60. The number of rotatable bonds is 6. The van der Waals surface area contributed by atoms with E-state index < -0.39 is 11.7 Å². The number of ether oxygens (including phenoxy) is 1. The second-order valence-electron chi connectivity index (χ2n) is 7.60. The second-order valence-corrected chi connectivity index (χ2v) is 8.04. The van der Waals surface area contributed by atoms with E-state index in [1.807, 2.05) is 34.1 Å². The predicted molar refractivity (Wildman–Crippen MR) is 118 cm³/mol. The van der Waals surface area contributed by atoms with Gasteiger partial charge in [-0.15, -0.1) is 0 Å². The molecule has 0 saturated carbocycles. The molecule has 4 nitrogen and oxygen atoms in total. The fraction of sp³-hybridized carbons (Fsp3) is 0.250. The minimum absolute atomic E-state index is 0.0168. The predicted octanol–water partition coefficient (Wildman–Crippen LogP) is 5.96. The van der Waals surface area contributed by atoms with Crippen molar-refractivity contribution in [3.05, 3.63) is 88.9 Å². The van der Waals surface area contributed by atoms with Crippen LogP contribution >= 0.6 is 11.6 Å². The first-order valence-corrected chi connectivity index (χ1v) is 10.5. The van der Waals surface area contributed by atoms with Gasteiger partial charge < -0.3 is 14.7 Å². The summed E-state index contributed by atoms with van der Waals surface area (Å²) in [6.45, 7) is 1.45. The van der Waals surface area contributed by atoms with E-state index in [1.54, 1.807) is 30.3 Å². The zero-order valence-electron chi connectivity index (χ0n) is 17.1. The lowest BCUT2D eigenvalue weighted by atomic mass is 10.0. The summed E-state index contributed by atoms with van der Waals surface area (Å²) in [6.07, 6.45) is -4.40. The van der Waals surface area contributed by atoms with Crippen molar-refractivity contribution >= 4 is 17.3 Å². The van der Waals surface area contributed by atoms with Crippen LogP contribution < -0.4 is 9.64 Å². The van der Waals surface area contributed by atoms with Gasteiger partial charge in [-0.25, -0.2) is 0 Å². The minimum atomic E-state index is -4.40. The van der Waals surface area contributed by atoms with Crippen molar-refractivity contribution in [2.24, 2.45) is 0 Å². The standard InChI is InChI=1S/C24H22ClF3N2O2/c25-19-4-8-21(9-5-19)32-22-10-6-20(7-11-22)30-16-29(12-13-31)15-23(30)17-2-1-3-18(14-17)24(26,27)28/h1-11,14,23,31H,12-13,15-16H2. The summed E-state index contributed by atoms with van der Waals surface area (Å²) in [5, 5.41) is 9.97. The topological polar surface area (TPSA) is 35.9 Å². The van der Waals surface area contributed by atoms with Crippen LogP contribution in [0.1, 0.15) is 17.2 Å². The summed E-state index contributed by atoms with van der Waals surface area (Å²) in [5.41, 5.74) is 0.778. The number of aliphatic hydroxyl groups excluding tert-OH is 1. The van der Waals surface area contributed by atoms with E-state index in [0.29, 0.717) is 41.8 Å². The van der Waals surface area contributed by atoms with E-state index in [1.165, 1.54) is 12.1 Å². The number of halogens is 4. The first-order valence-electron chi connectivity index (χ1n) is 10.1. The van der Waals surface area contributed by atoms with Crippen molar-refractivity contribution in [1.29, 1.82) is 0 Å². The maximum atomic E-state index is 13.2. The minimum Gasteiger partial charge on any atom is -0.457 e. The largest absolute Gasteiger partial charge is 0.457 e. The number of hydrogen-bond acceptors (Lipinski definition) is 4. The Bertz CT molecular complexity index is 1040. The SMILES string of the molecule is OCCN1CC(c2cccc(C(F)(F)F)c2)N(c2ccc(Oc3ccc(Cl)cc3)cc2)C1. The highest BCUT2D eigenvalue weighted by Gasteiger charge is 2.35. The molecule has 0 bridgehead atoms. The van der Waals surface area contributed by atoms with Crippen LogP contribution in [0.2, 0.25) is 5.02 Å². The molecule has 4 rings (SSSR count). The van der Waals surface area contributed by atoms with E-state index in [-0.39, 0.29) is 12.6 Å². The van der Waals surface area contributed by atoms with Crippen molar-refractivity contribution in [3.8, 4) is 11.5 Å². The zero-order valence-corrected chi connectivity index (χ0v) is 17.9. The monoisotopic (exact) mass is 462 g/mol. The fourth-order valence-electron chi connectivity index (χ4n) is 3.83. The third-order valence-electron chi connectivity index (χ3n) is 5.39. The molecule has 1 saturated heterocycles. The summed E-state index contributed by atoms with van der Waals surface area (Å²) in [6, 6.07) is 19.6. The van der Waals surface area contributed by atoms with Crippen LogP contribution in [0.15, 0.2) is 72.8 Å². The number of benzene rings is 3. The maximum Gasteiger partial charge on any atom is 0.416 e. The van der Waals surface area contributed by atoms with Gasteiger partial charge in [0.25, 0.3) is 0 Å². The van der Waals surface area contributed by atoms with E-state index in [9.17, 15) is 18.3 Å². The lowest BCUT2D eigenvalue weighted by molar-refractivity contribution is -0.137. The van der Waals surface area contributed by atoms with E-state index >= 15 is 0 Å². The lowest BCUT2D eigenvalue weighted by Gasteiger charge is -2.27. The van der Waals surface area contributed by atoms with Gasteiger partial charge in [0.05, 0.1) is 24.9 Å². The smallest absolute Gasteiger partial charge is 0.416 e. The van der Waals surface area contributed by atoms with Gasteiger partial charge in [0.2, 0.25) is 0 Å². The average Bonchev–Trinajstić information content (AvgIpc) is 3.20. The average molecular weight is 463 g/mol. The van der Waals surface area contributed by atoms with E-state index in [4.69, 9.17) is 16.3 Å². The molecule has 3 aromatic carbocycles. The normalized spacial score (nSPS) is 17.0. The van der Waals surface area contributed by atoms with Gasteiger partial charge in [-0.3, -0.25) is 4.90 Å². The van der Waals surface area contributed by atoms with Crippen LogP contribution in [0.5, 0.6) is 11.5 Å². The van der Waals surface area contributed by atoms with Gasteiger partial charge in [-0.2, -0.15) is 13.2 Å². The molecule has 8 heteroatoms. The van der Waals surface area contributed by atoms with E-state index in [0.717, 1.165) is 11.8 Å². The molecule has 0 aliphatic carbocycles. The highest BCUT2D eigenvalue weighted by Crippen LogP contribution is 2.37.